The molecule has 23 heavy (non-hydrogen) atoms. The summed E-state index contributed by atoms with van der Waals surface area (Å²) >= 11 is 0. The van der Waals surface area contributed by atoms with Gasteiger partial charge >= 0.3 is 0 Å². The average molecular weight is 309 g/mol. The van der Waals surface area contributed by atoms with Gasteiger partial charge in [0.05, 0.1) is 27.8 Å². The highest BCUT2D eigenvalue weighted by molar-refractivity contribution is 5.90. The summed E-state index contributed by atoms with van der Waals surface area (Å²) in [6.07, 6.45) is 3.39. The molecule has 0 saturated carbocycles. The number of para-hydroxylation sites is 1. The summed E-state index contributed by atoms with van der Waals surface area (Å²) in [7, 11) is 0. The van der Waals surface area contributed by atoms with Crippen LogP contribution >= 0.6 is 0 Å². The number of rotatable bonds is 3. The number of fused-ring (bicyclic) bond motifs is 2. The minimum absolute atomic E-state index is 0.0367. The molecule has 1 aliphatic heterocycles. The molecule has 0 fully saturated rings. The summed E-state index contributed by atoms with van der Waals surface area (Å²) in [5, 5.41) is 19.3. The van der Waals surface area contributed by atoms with Crippen molar-refractivity contribution in [2.45, 2.75) is 0 Å². The summed E-state index contributed by atoms with van der Waals surface area (Å²) in [5.74, 6) is 0.890. The number of hydrogen-bond donors (Lipinski definition) is 1. The first kappa shape index (κ1) is 13.3. The third-order valence-electron chi connectivity index (χ3n) is 3.64. The maximum absolute atomic E-state index is 11.2. The molecule has 0 radical (unpaired) electrons. The Hall–Kier alpha value is -3.35. The van der Waals surface area contributed by atoms with Crippen molar-refractivity contribution in [1.29, 1.82) is 0 Å². The fourth-order valence-corrected chi connectivity index (χ4v) is 2.52. The second-order valence-corrected chi connectivity index (χ2v) is 5.01. The molecule has 0 bridgehead atoms. The van der Waals surface area contributed by atoms with Crippen LogP contribution in [-0.4, -0.2) is 21.9 Å². The van der Waals surface area contributed by atoms with E-state index in [1.165, 1.54) is 6.07 Å². The minimum atomic E-state index is -0.440. The van der Waals surface area contributed by atoms with Crippen LogP contribution < -0.4 is 9.47 Å². The fourth-order valence-electron chi connectivity index (χ4n) is 2.52. The lowest BCUT2D eigenvalue weighted by Gasteiger charge is -2.00. The van der Waals surface area contributed by atoms with Gasteiger partial charge in [-0.15, -0.1) is 0 Å². The highest BCUT2D eigenvalue weighted by Crippen LogP contribution is 2.38. The third-order valence-corrected chi connectivity index (χ3v) is 3.64. The molecule has 0 amide bonds. The molecule has 1 aliphatic rings. The van der Waals surface area contributed by atoms with Crippen LogP contribution in [0.25, 0.3) is 23.1 Å². The monoisotopic (exact) mass is 309 g/mol. The molecule has 2 aromatic carbocycles. The molecular weight excluding hydrogens is 298 g/mol. The summed E-state index contributed by atoms with van der Waals surface area (Å²) in [4.78, 5) is 10.8. The Kier molecular flexibility index (Phi) is 2.97. The average Bonchev–Trinajstić information content (AvgIpc) is 3.18. The molecule has 0 spiro atoms. The number of aromatic amines is 1. The Balaban J connectivity index is 1.77. The minimum Gasteiger partial charge on any atom is -0.454 e. The summed E-state index contributed by atoms with van der Waals surface area (Å²) in [6, 6.07) is 10.7. The van der Waals surface area contributed by atoms with E-state index in [0.29, 0.717) is 22.8 Å². The van der Waals surface area contributed by atoms with E-state index in [4.69, 9.17) is 9.47 Å². The molecule has 4 rings (SSSR count). The zero-order valence-corrected chi connectivity index (χ0v) is 11.9. The molecule has 2 heterocycles. The first-order valence-electron chi connectivity index (χ1n) is 6.91. The number of ether oxygens (including phenoxy) is 2. The Morgan fingerprint density at radius 2 is 1.96 bits per heavy atom. The van der Waals surface area contributed by atoms with Gasteiger partial charge in [-0.25, -0.2) is 0 Å². The standard InChI is InChI=1S/C16H11N3O4/c20-19(21)14-8-16-15(22-9-23-16)7-10(14)5-6-13-11-3-1-2-4-12(11)17-18-13/h1-8H,9H2,(H,17,18). The topological polar surface area (TPSA) is 90.3 Å². The van der Waals surface area contributed by atoms with Gasteiger partial charge < -0.3 is 9.47 Å². The predicted octanol–water partition coefficient (Wildman–Crippen LogP) is 3.37. The maximum Gasteiger partial charge on any atom is 0.280 e. The highest BCUT2D eigenvalue weighted by atomic mass is 16.7. The first-order chi connectivity index (χ1) is 11.2. The first-order valence-corrected chi connectivity index (χ1v) is 6.91. The van der Waals surface area contributed by atoms with Crippen LogP contribution in [0.3, 0.4) is 0 Å². The van der Waals surface area contributed by atoms with Crippen LogP contribution in [0.1, 0.15) is 11.3 Å². The smallest absolute Gasteiger partial charge is 0.280 e. The number of aromatic nitrogens is 2. The van der Waals surface area contributed by atoms with Gasteiger partial charge in [0.25, 0.3) is 5.69 Å². The van der Waals surface area contributed by atoms with Gasteiger partial charge in [-0.3, -0.25) is 15.2 Å². The van der Waals surface area contributed by atoms with Crippen molar-refractivity contribution >= 4 is 28.7 Å². The number of nitro benzene ring substituents is 1. The largest absolute Gasteiger partial charge is 0.454 e. The van der Waals surface area contributed by atoms with E-state index in [0.717, 1.165) is 10.9 Å². The van der Waals surface area contributed by atoms with Crippen molar-refractivity contribution in [2.24, 2.45) is 0 Å². The molecule has 0 unspecified atom stereocenters. The van der Waals surface area contributed by atoms with Gasteiger partial charge in [0.15, 0.2) is 11.5 Å². The van der Waals surface area contributed by atoms with Crippen molar-refractivity contribution in [3.63, 3.8) is 0 Å². The quantitative estimate of drug-likeness (QED) is 0.591. The number of benzene rings is 2. The lowest BCUT2D eigenvalue weighted by atomic mass is 10.1. The lowest BCUT2D eigenvalue weighted by molar-refractivity contribution is -0.385. The maximum atomic E-state index is 11.2. The fraction of sp³-hybridized carbons (Fsp3) is 0.0625. The van der Waals surface area contributed by atoms with Crippen LogP contribution in [0.2, 0.25) is 0 Å². The van der Waals surface area contributed by atoms with Gasteiger partial charge in [-0.1, -0.05) is 18.2 Å². The Bertz CT molecular complexity index is 946. The molecule has 3 aromatic rings. The van der Waals surface area contributed by atoms with E-state index in [1.54, 1.807) is 18.2 Å². The number of nitrogens with one attached hydrogen (secondary N) is 1. The molecular formula is C16H11N3O4. The molecule has 7 heteroatoms. The van der Waals surface area contributed by atoms with Gasteiger partial charge in [-0.2, -0.15) is 5.10 Å². The van der Waals surface area contributed by atoms with Gasteiger partial charge in [0, 0.05) is 5.39 Å². The molecule has 0 saturated heterocycles. The van der Waals surface area contributed by atoms with Crippen molar-refractivity contribution in [3.05, 3.63) is 57.8 Å². The number of nitro groups is 1. The zero-order valence-electron chi connectivity index (χ0n) is 11.9. The molecule has 0 atom stereocenters. The van der Waals surface area contributed by atoms with Crippen molar-refractivity contribution in [1.82, 2.24) is 10.2 Å². The van der Waals surface area contributed by atoms with Crippen LogP contribution in [-0.2, 0) is 0 Å². The molecule has 1 aromatic heterocycles. The second-order valence-electron chi connectivity index (χ2n) is 5.01. The second kappa shape index (κ2) is 5.13. The van der Waals surface area contributed by atoms with E-state index < -0.39 is 4.92 Å². The molecule has 7 nitrogen and oxygen atoms in total. The number of H-pyrrole nitrogens is 1. The third kappa shape index (κ3) is 2.28. The van der Waals surface area contributed by atoms with Gasteiger partial charge in [-0.05, 0) is 24.3 Å². The lowest BCUT2D eigenvalue weighted by Crippen LogP contribution is -1.93. The van der Waals surface area contributed by atoms with E-state index in [9.17, 15) is 10.1 Å². The number of nitrogens with zero attached hydrogens (tertiary/aromatic N) is 2. The van der Waals surface area contributed by atoms with Crippen LogP contribution in [0, 0.1) is 10.1 Å². The van der Waals surface area contributed by atoms with E-state index in [-0.39, 0.29) is 12.5 Å². The van der Waals surface area contributed by atoms with Crippen molar-refractivity contribution in [2.75, 3.05) is 6.79 Å². The van der Waals surface area contributed by atoms with Crippen molar-refractivity contribution in [3.8, 4) is 11.5 Å². The predicted molar refractivity (Wildman–Crippen MR) is 84.2 cm³/mol. The van der Waals surface area contributed by atoms with Crippen LogP contribution in [0.15, 0.2) is 36.4 Å². The zero-order chi connectivity index (χ0) is 15.8. The van der Waals surface area contributed by atoms with Crippen LogP contribution in [0.5, 0.6) is 11.5 Å². The number of hydrogen-bond acceptors (Lipinski definition) is 5. The Morgan fingerprint density at radius 1 is 1.17 bits per heavy atom. The van der Waals surface area contributed by atoms with Gasteiger partial charge in [0.1, 0.15) is 0 Å². The highest BCUT2D eigenvalue weighted by Gasteiger charge is 2.22. The Labute approximate surface area is 130 Å². The SMILES string of the molecule is O=[N+]([O-])c1cc2c(cc1C=Cc1n[nH]c3ccccc13)OCO2. The van der Waals surface area contributed by atoms with Crippen LogP contribution in [0.4, 0.5) is 5.69 Å². The van der Waals surface area contributed by atoms with E-state index >= 15 is 0 Å². The summed E-state index contributed by atoms with van der Waals surface area (Å²) < 4.78 is 10.5. The van der Waals surface area contributed by atoms with E-state index in [2.05, 4.69) is 10.2 Å². The van der Waals surface area contributed by atoms with Gasteiger partial charge in [0.2, 0.25) is 6.79 Å². The molecule has 114 valence electrons. The molecule has 0 aliphatic carbocycles. The summed E-state index contributed by atoms with van der Waals surface area (Å²) in [5.41, 5.74) is 2.02. The molecule has 1 N–H and O–H groups in total. The normalized spacial score (nSPS) is 13.0. The Morgan fingerprint density at radius 3 is 2.78 bits per heavy atom. The van der Waals surface area contributed by atoms with Crippen molar-refractivity contribution < 1.29 is 14.4 Å². The van der Waals surface area contributed by atoms with E-state index in [1.807, 2.05) is 24.3 Å². The summed E-state index contributed by atoms with van der Waals surface area (Å²) in [6.45, 7) is 0.0731.